The highest BCUT2D eigenvalue weighted by molar-refractivity contribution is 6.31. The zero-order valence-electron chi connectivity index (χ0n) is 17.3. The van der Waals surface area contributed by atoms with E-state index in [0.717, 1.165) is 25.0 Å². The first-order valence-corrected chi connectivity index (χ1v) is 11.4. The molecule has 3 aromatic rings. The van der Waals surface area contributed by atoms with Gasteiger partial charge in [0.25, 0.3) is 5.91 Å². The molecule has 1 aromatic heterocycles. The monoisotopic (exact) mass is 488 g/mol. The molecule has 0 unspecified atom stereocenters. The number of fused-ring (bicyclic) bond motifs is 1. The van der Waals surface area contributed by atoms with Crippen LogP contribution in [0.5, 0.6) is 5.75 Å². The lowest BCUT2D eigenvalue weighted by Gasteiger charge is -2.69. The van der Waals surface area contributed by atoms with Crippen LogP contribution in [0.3, 0.4) is 0 Å². The Morgan fingerprint density at radius 3 is 2.70 bits per heavy atom. The first-order chi connectivity index (χ1) is 15.8. The molecule has 0 saturated heterocycles. The highest BCUT2D eigenvalue weighted by Crippen LogP contribution is 2.68. The number of aromatic nitrogens is 1. The van der Waals surface area contributed by atoms with Crippen LogP contribution in [0.2, 0.25) is 10.0 Å². The number of carbonyl (C=O) groups excluding carboxylic acids is 1. The van der Waals surface area contributed by atoms with Gasteiger partial charge in [-0.2, -0.15) is 0 Å². The van der Waals surface area contributed by atoms with E-state index in [1.165, 1.54) is 12.1 Å². The lowest BCUT2D eigenvalue weighted by Crippen LogP contribution is -2.77. The summed E-state index contributed by atoms with van der Waals surface area (Å²) in [6, 6.07) is 11.3. The summed E-state index contributed by atoms with van der Waals surface area (Å²) in [5.41, 5.74) is 1.27. The van der Waals surface area contributed by atoms with Gasteiger partial charge in [0, 0.05) is 39.6 Å². The van der Waals surface area contributed by atoms with Crippen LogP contribution in [0.4, 0.5) is 4.39 Å². The molecule has 170 valence electrons. The summed E-state index contributed by atoms with van der Waals surface area (Å²) in [4.78, 5) is 12.9. The van der Waals surface area contributed by atoms with Crippen LogP contribution in [0.15, 0.2) is 47.0 Å². The summed E-state index contributed by atoms with van der Waals surface area (Å²) in [6.07, 6.45) is 0.789. The van der Waals surface area contributed by atoms with E-state index in [-0.39, 0.29) is 28.3 Å². The van der Waals surface area contributed by atoms with Crippen molar-refractivity contribution in [3.8, 4) is 17.0 Å². The van der Waals surface area contributed by atoms with Gasteiger partial charge in [-0.25, -0.2) is 4.39 Å². The van der Waals surface area contributed by atoms with Gasteiger partial charge in [-0.3, -0.25) is 4.79 Å². The van der Waals surface area contributed by atoms with Crippen LogP contribution in [0.25, 0.3) is 11.3 Å². The van der Waals surface area contributed by atoms with E-state index in [0.29, 0.717) is 27.6 Å². The van der Waals surface area contributed by atoms with Crippen molar-refractivity contribution in [1.29, 1.82) is 0 Å². The molecule has 33 heavy (non-hydrogen) atoms. The smallest absolute Gasteiger partial charge is 0.261 e. The van der Waals surface area contributed by atoms with Crippen LogP contribution in [0.1, 0.15) is 43.1 Å². The zero-order chi connectivity index (χ0) is 23.0. The Hall–Kier alpha value is -2.61. The second-order valence-electron chi connectivity index (χ2n) is 9.33. The van der Waals surface area contributed by atoms with Crippen molar-refractivity contribution in [2.75, 3.05) is 0 Å². The molecule has 3 saturated carbocycles. The van der Waals surface area contributed by atoms with Crippen molar-refractivity contribution in [3.05, 3.63) is 69.7 Å². The number of ether oxygens (including phenoxy) is 1. The molecule has 3 aliphatic carbocycles. The van der Waals surface area contributed by atoms with E-state index in [2.05, 4.69) is 10.5 Å². The molecule has 6 nitrogen and oxygen atoms in total. The van der Waals surface area contributed by atoms with Crippen molar-refractivity contribution in [3.63, 3.8) is 0 Å². The van der Waals surface area contributed by atoms with Crippen LogP contribution < -0.4 is 10.1 Å². The Labute approximate surface area is 198 Å². The van der Waals surface area contributed by atoms with Crippen LogP contribution in [-0.4, -0.2) is 27.8 Å². The topological polar surface area (TPSA) is 84.6 Å². The fraction of sp³-hybridized carbons (Fsp3) is 0.333. The summed E-state index contributed by atoms with van der Waals surface area (Å²) < 4.78 is 25.2. The minimum atomic E-state index is -0.812. The van der Waals surface area contributed by atoms with Crippen molar-refractivity contribution >= 4 is 29.1 Å². The summed E-state index contributed by atoms with van der Waals surface area (Å²) in [7, 11) is 0. The molecule has 0 radical (unpaired) electrons. The van der Waals surface area contributed by atoms with Crippen molar-refractivity contribution in [1.82, 2.24) is 10.5 Å². The molecular weight excluding hydrogens is 470 g/mol. The Bertz CT molecular complexity index is 1270. The highest BCUT2D eigenvalue weighted by Gasteiger charge is 2.71. The number of hydrogen-bond acceptors (Lipinski definition) is 5. The average Bonchev–Trinajstić information content (AvgIpc) is 3.21. The molecule has 4 aliphatic rings. The molecular formula is C24H19Cl2FN2O4. The van der Waals surface area contributed by atoms with Crippen molar-refractivity contribution < 1.29 is 23.6 Å². The summed E-state index contributed by atoms with van der Waals surface area (Å²) in [5.74, 6) is 0.462. The van der Waals surface area contributed by atoms with Crippen molar-refractivity contribution in [2.45, 2.75) is 48.8 Å². The number of nitrogens with one attached hydrogen (secondary N) is 1. The van der Waals surface area contributed by atoms with Gasteiger partial charge in [0.1, 0.15) is 23.0 Å². The Morgan fingerprint density at radius 1 is 1.15 bits per heavy atom. The number of carbonyl (C=O) groups is 1. The number of nitrogens with zero attached hydrogens (tertiary/aromatic N) is 1. The number of benzene rings is 2. The van der Waals surface area contributed by atoms with E-state index in [1.54, 1.807) is 24.3 Å². The number of amides is 1. The van der Waals surface area contributed by atoms with Gasteiger partial charge in [-0.05, 0) is 49.6 Å². The fourth-order valence-electron chi connectivity index (χ4n) is 5.42. The zero-order valence-corrected chi connectivity index (χ0v) is 18.8. The Balaban J connectivity index is 1.11. The molecule has 2 aromatic carbocycles. The highest BCUT2D eigenvalue weighted by atomic mass is 35.5. The van der Waals surface area contributed by atoms with E-state index in [4.69, 9.17) is 32.5 Å². The van der Waals surface area contributed by atoms with E-state index in [9.17, 15) is 14.3 Å². The lowest BCUT2D eigenvalue weighted by atomic mass is 9.38. The number of rotatable bonds is 4. The number of hydrogen-bond donors (Lipinski definition) is 2. The average molecular weight is 489 g/mol. The molecule has 9 heteroatoms. The van der Waals surface area contributed by atoms with Gasteiger partial charge in [0.2, 0.25) is 0 Å². The normalized spacial score (nSPS) is 29.3. The van der Waals surface area contributed by atoms with Crippen LogP contribution >= 0.6 is 23.2 Å². The number of aliphatic hydroxyl groups excluding tert-OH is 1. The third kappa shape index (κ3) is 3.33. The standard InChI is InChI=1S/C24H19Cl2FN2O4/c25-13-2-4-19-14(6-13)18(30)8-20(32-19)22(31)28-24-9-23(10-24,11-24)21-7-17(29-33-21)12-1-3-15(26)16(27)5-12/h1-7,18,20,30H,8-11H2,(H,28,31)/t18-,20+,23?,24?/m1/s1. The Morgan fingerprint density at radius 2 is 1.94 bits per heavy atom. The third-order valence-corrected chi connectivity index (χ3v) is 7.54. The summed E-state index contributed by atoms with van der Waals surface area (Å²) >= 11 is 11.7. The van der Waals surface area contributed by atoms with Crippen LogP contribution in [-0.2, 0) is 10.2 Å². The van der Waals surface area contributed by atoms with Gasteiger partial charge < -0.3 is 19.7 Å². The predicted molar refractivity (Wildman–Crippen MR) is 119 cm³/mol. The molecule has 2 bridgehead atoms. The number of aliphatic hydroxyl groups is 1. The minimum absolute atomic E-state index is 0.0568. The minimum Gasteiger partial charge on any atom is -0.480 e. The van der Waals surface area contributed by atoms with Gasteiger partial charge in [-0.15, -0.1) is 0 Å². The second kappa shape index (κ2) is 7.19. The summed E-state index contributed by atoms with van der Waals surface area (Å²) in [6.45, 7) is 0. The largest absolute Gasteiger partial charge is 0.480 e. The first kappa shape index (κ1) is 21.0. The molecule has 1 aliphatic heterocycles. The van der Waals surface area contributed by atoms with E-state index < -0.39 is 18.0 Å². The van der Waals surface area contributed by atoms with Gasteiger partial charge in [0.15, 0.2) is 6.10 Å². The molecule has 2 atom stereocenters. The Kier molecular flexibility index (Phi) is 4.57. The van der Waals surface area contributed by atoms with Crippen LogP contribution in [0, 0.1) is 5.82 Å². The molecule has 2 N–H and O–H groups in total. The third-order valence-electron chi connectivity index (χ3n) is 7.00. The molecule has 1 amide bonds. The predicted octanol–water partition coefficient (Wildman–Crippen LogP) is 4.96. The van der Waals surface area contributed by atoms with E-state index >= 15 is 0 Å². The SMILES string of the molecule is O=C(NC12CC(c3cc(-c4ccc(Cl)c(F)c4)no3)(C1)C2)[C@@H]1C[C@@H](O)c2cc(Cl)ccc2O1. The maximum atomic E-state index is 13.8. The molecule has 3 fully saturated rings. The maximum absolute atomic E-state index is 13.8. The quantitative estimate of drug-likeness (QED) is 0.541. The second-order valence-corrected chi connectivity index (χ2v) is 10.2. The lowest BCUT2D eigenvalue weighted by molar-refractivity contribution is -0.149. The van der Waals surface area contributed by atoms with Gasteiger partial charge in [0.05, 0.1) is 11.1 Å². The number of halogens is 3. The molecule has 7 rings (SSSR count). The first-order valence-electron chi connectivity index (χ1n) is 10.6. The molecule has 2 heterocycles. The maximum Gasteiger partial charge on any atom is 0.261 e. The molecule has 0 spiro atoms. The van der Waals surface area contributed by atoms with Gasteiger partial charge >= 0.3 is 0 Å². The fourth-order valence-corrected chi connectivity index (χ4v) is 5.72. The van der Waals surface area contributed by atoms with Crippen molar-refractivity contribution in [2.24, 2.45) is 0 Å². The van der Waals surface area contributed by atoms with E-state index in [1.807, 2.05) is 6.07 Å². The summed E-state index contributed by atoms with van der Waals surface area (Å²) in [5, 5.41) is 18.2. The van der Waals surface area contributed by atoms with Gasteiger partial charge in [-0.1, -0.05) is 34.4 Å².